The van der Waals surface area contributed by atoms with Gasteiger partial charge in [0.2, 0.25) is 0 Å². The summed E-state index contributed by atoms with van der Waals surface area (Å²) in [7, 11) is 1.61. The molecule has 3 rings (SSSR count). The molecule has 1 atom stereocenters. The number of carbonyl (C=O) groups excluding carboxylic acids is 1. The summed E-state index contributed by atoms with van der Waals surface area (Å²) >= 11 is 0. The molecule has 2 aromatic carbocycles. The summed E-state index contributed by atoms with van der Waals surface area (Å²) in [5.74, 6) is 1.65. The molecule has 148 valence electrons. The normalized spacial score (nSPS) is 15.8. The minimum atomic E-state index is -0.284. The van der Waals surface area contributed by atoms with E-state index in [0.717, 1.165) is 5.56 Å². The Labute approximate surface area is 165 Å². The third-order valence-electron chi connectivity index (χ3n) is 4.40. The summed E-state index contributed by atoms with van der Waals surface area (Å²) in [6.07, 6.45) is -0.0718. The SMILES string of the molecule is C=C1OC(CC(=O)OCc2ccccc2)CN1CCOc1ccccc1OC. The van der Waals surface area contributed by atoms with Crippen LogP contribution >= 0.6 is 0 Å². The number of ether oxygens (including phenoxy) is 4. The Balaban J connectivity index is 1.40. The van der Waals surface area contributed by atoms with E-state index in [4.69, 9.17) is 18.9 Å². The molecule has 0 saturated carbocycles. The summed E-state index contributed by atoms with van der Waals surface area (Å²) in [5.41, 5.74) is 0.961. The van der Waals surface area contributed by atoms with Crippen LogP contribution in [0.25, 0.3) is 0 Å². The van der Waals surface area contributed by atoms with Gasteiger partial charge in [0.05, 0.1) is 26.6 Å². The molecule has 0 amide bonds. The van der Waals surface area contributed by atoms with Crippen LogP contribution in [-0.2, 0) is 20.9 Å². The van der Waals surface area contributed by atoms with Gasteiger partial charge in [-0.1, -0.05) is 42.5 Å². The molecule has 6 nitrogen and oxygen atoms in total. The molecule has 1 aliphatic heterocycles. The second-order valence-corrected chi connectivity index (χ2v) is 6.43. The van der Waals surface area contributed by atoms with Crippen molar-refractivity contribution >= 4 is 5.97 Å². The summed E-state index contributed by atoms with van der Waals surface area (Å²) in [6, 6.07) is 17.1. The van der Waals surface area contributed by atoms with E-state index in [0.29, 0.717) is 37.1 Å². The first-order valence-corrected chi connectivity index (χ1v) is 9.21. The molecule has 0 bridgehead atoms. The van der Waals surface area contributed by atoms with E-state index < -0.39 is 0 Å². The van der Waals surface area contributed by atoms with Crippen molar-refractivity contribution in [2.75, 3.05) is 26.8 Å². The van der Waals surface area contributed by atoms with Crippen LogP contribution in [0, 0.1) is 0 Å². The van der Waals surface area contributed by atoms with Gasteiger partial charge in [0.15, 0.2) is 17.4 Å². The van der Waals surface area contributed by atoms with Crippen LogP contribution in [0.5, 0.6) is 11.5 Å². The molecule has 6 heteroatoms. The molecule has 0 radical (unpaired) electrons. The fraction of sp³-hybridized carbons (Fsp3) is 0.318. The number of carbonyl (C=O) groups is 1. The number of benzene rings is 2. The van der Waals surface area contributed by atoms with Gasteiger partial charge in [-0.15, -0.1) is 0 Å². The molecule has 1 unspecified atom stereocenters. The van der Waals surface area contributed by atoms with Crippen LogP contribution < -0.4 is 9.47 Å². The molecular weight excluding hydrogens is 358 g/mol. The Morgan fingerprint density at radius 3 is 2.61 bits per heavy atom. The highest BCUT2D eigenvalue weighted by molar-refractivity contribution is 5.70. The maximum atomic E-state index is 12.1. The molecule has 0 spiro atoms. The summed E-state index contributed by atoms with van der Waals surface area (Å²) in [4.78, 5) is 14.0. The molecule has 1 saturated heterocycles. The summed E-state index contributed by atoms with van der Waals surface area (Å²) in [5, 5.41) is 0. The van der Waals surface area contributed by atoms with Gasteiger partial charge < -0.3 is 23.8 Å². The van der Waals surface area contributed by atoms with E-state index in [9.17, 15) is 4.79 Å². The topological polar surface area (TPSA) is 57.2 Å². The lowest BCUT2D eigenvalue weighted by molar-refractivity contribution is -0.146. The van der Waals surface area contributed by atoms with Gasteiger partial charge in [0.25, 0.3) is 0 Å². The van der Waals surface area contributed by atoms with E-state index in [1.165, 1.54) is 0 Å². The second kappa shape index (κ2) is 9.69. The Kier molecular flexibility index (Phi) is 6.78. The number of hydrogen-bond acceptors (Lipinski definition) is 6. The van der Waals surface area contributed by atoms with Crippen LogP contribution in [0.3, 0.4) is 0 Å². The number of nitrogens with zero attached hydrogens (tertiary/aromatic N) is 1. The molecule has 1 fully saturated rings. The van der Waals surface area contributed by atoms with Gasteiger partial charge in [-0.05, 0) is 24.3 Å². The zero-order valence-electron chi connectivity index (χ0n) is 16.0. The van der Waals surface area contributed by atoms with Gasteiger partial charge in [0.1, 0.15) is 19.3 Å². The van der Waals surface area contributed by atoms with Crippen molar-refractivity contribution < 1.29 is 23.7 Å². The van der Waals surface area contributed by atoms with Crippen molar-refractivity contribution in [3.8, 4) is 11.5 Å². The van der Waals surface area contributed by atoms with Gasteiger partial charge >= 0.3 is 5.97 Å². The largest absolute Gasteiger partial charge is 0.493 e. The van der Waals surface area contributed by atoms with Crippen molar-refractivity contribution in [3.05, 3.63) is 72.6 Å². The number of methoxy groups -OCH3 is 1. The highest BCUT2D eigenvalue weighted by atomic mass is 16.5. The number of hydrogen-bond donors (Lipinski definition) is 0. The predicted octanol–water partition coefficient (Wildman–Crippen LogP) is 3.38. The van der Waals surface area contributed by atoms with Crippen LogP contribution in [0.15, 0.2) is 67.1 Å². The Hall–Kier alpha value is -3.15. The summed E-state index contributed by atoms with van der Waals surface area (Å²) in [6.45, 7) is 5.82. The third-order valence-corrected chi connectivity index (χ3v) is 4.40. The predicted molar refractivity (Wildman–Crippen MR) is 105 cm³/mol. The van der Waals surface area contributed by atoms with Crippen molar-refractivity contribution in [3.63, 3.8) is 0 Å². The second-order valence-electron chi connectivity index (χ2n) is 6.43. The van der Waals surface area contributed by atoms with Gasteiger partial charge in [-0.3, -0.25) is 4.79 Å². The quantitative estimate of drug-likeness (QED) is 0.619. The minimum absolute atomic E-state index is 0.190. The first-order chi connectivity index (χ1) is 13.7. The van der Waals surface area contributed by atoms with Crippen LogP contribution in [0.2, 0.25) is 0 Å². The minimum Gasteiger partial charge on any atom is -0.493 e. The van der Waals surface area contributed by atoms with Gasteiger partial charge in [-0.2, -0.15) is 0 Å². The van der Waals surface area contributed by atoms with E-state index in [-0.39, 0.29) is 25.1 Å². The standard InChI is InChI=1S/C22H25NO5/c1-17-23(12-13-26-21-11-7-6-10-20(21)25-2)15-19(28-17)14-22(24)27-16-18-8-4-3-5-9-18/h3-11,19H,1,12-16H2,2H3. The molecule has 1 aliphatic rings. The highest BCUT2D eigenvalue weighted by Gasteiger charge is 2.29. The van der Waals surface area contributed by atoms with Crippen molar-refractivity contribution in [1.82, 2.24) is 4.90 Å². The maximum Gasteiger partial charge on any atom is 0.309 e. The van der Waals surface area contributed by atoms with E-state index in [1.807, 2.05) is 59.5 Å². The van der Waals surface area contributed by atoms with E-state index in [2.05, 4.69) is 6.58 Å². The first-order valence-electron chi connectivity index (χ1n) is 9.21. The fourth-order valence-corrected chi connectivity index (χ4v) is 2.96. The van der Waals surface area contributed by atoms with Gasteiger partial charge in [-0.25, -0.2) is 0 Å². The number of para-hydroxylation sites is 2. The van der Waals surface area contributed by atoms with Crippen molar-refractivity contribution in [2.24, 2.45) is 0 Å². The Bertz CT molecular complexity index is 793. The molecule has 0 aliphatic carbocycles. The lowest BCUT2D eigenvalue weighted by atomic mass is 10.2. The lowest BCUT2D eigenvalue weighted by Gasteiger charge is -2.17. The smallest absolute Gasteiger partial charge is 0.309 e. The monoisotopic (exact) mass is 383 g/mol. The number of esters is 1. The molecule has 2 aromatic rings. The van der Waals surface area contributed by atoms with Crippen LogP contribution in [0.1, 0.15) is 12.0 Å². The lowest BCUT2D eigenvalue weighted by Crippen LogP contribution is -2.27. The zero-order chi connectivity index (χ0) is 19.8. The van der Waals surface area contributed by atoms with E-state index in [1.54, 1.807) is 7.11 Å². The average molecular weight is 383 g/mol. The molecule has 0 N–H and O–H groups in total. The van der Waals surface area contributed by atoms with Gasteiger partial charge in [0, 0.05) is 0 Å². The Morgan fingerprint density at radius 1 is 1.14 bits per heavy atom. The third kappa shape index (κ3) is 5.42. The first kappa shape index (κ1) is 19.6. The zero-order valence-corrected chi connectivity index (χ0v) is 16.0. The van der Waals surface area contributed by atoms with Crippen molar-refractivity contribution in [1.29, 1.82) is 0 Å². The highest BCUT2D eigenvalue weighted by Crippen LogP contribution is 2.26. The molecular formula is C22H25NO5. The van der Waals surface area contributed by atoms with E-state index >= 15 is 0 Å². The molecule has 1 heterocycles. The summed E-state index contributed by atoms with van der Waals surface area (Å²) < 4.78 is 22.1. The van der Waals surface area contributed by atoms with Crippen LogP contribution in [-0.4, -0.2) is 43.8 Å². The van der Waals surface area contributed by atoms with Crippen LogP contribution in [0.4, 0.5) is 0 Å². The maximum absolute atomic E-state index is 12.1. The average Bonchev–Trinajstić information content (AvgIpc) is 3.06. The Morgan fingerprint density at radius 2 is 1.86 bits per heavy atom. The van der Waals surface area contributed by atoms with Crippen molar-refractivity contribution in [2.45, 2.75) is 19.1 Å². The fourth-order valence-electron chi connectivity index (χ4n) is 2.96. The molecule has 28 heavy (non-hydrogen) atoms. The molecule has 0 aromatic heterocycles. The number of rotatable bonds is 9.